The Bertz CT molecular complexity index is 2300. The van der Waals surface area contributed by atoms with Crippen LogP contribution < -0.4 is 0 Å². The van der Waals surface area contributed by atoms with Crippen LogP contribution >= 0.6 is 0 Å². The fourth-order valence-electron chi connectivity index (χ4n) is 10.9. The van der Waals surface area contributed by atoms with E-state index < -0.39 is 0 Å². The van der Waals surface area contributed by atoms with E-state index in [2.05, 4.69) is 201 Å². The molecular weight excluding hydrogens is 1010 g/mol. The van der Waals surface area contributed by atoms with Crippen LogP contribution in [-0.2, 0) is 58.2 Å². The zero-order chi connectivity index (χ0) is 63.2. The molecule has 4 aromatic rings. The second-order valence-corrected chi connectivity index (χ2v) is 31.0. The van der Waals surface area contributed by atoms with Gasteiger partial charge in [0.25, 0.3) is 0 Å². The first-order valence-corrected chi connectivity index (χ1v) is 33.9. The van der Waals surface area contributed by atoms with Gasteiger partial charge in [-0.15, -0.1) is 0 Å². The van der Waals surface area contributed by atoms with Crippen molar-refractivity contribution in [3.05, 3.63) is 116 Å². The van der Waals surface area contributed by atoms with E-state index in [1.165, 1.54) is 170 Å². The Labute approximate surface area is 515 Å². The molecule has 0 atom stereocenters. The van der Waals surface area contributed by atoms with E-state index in [-0.39, 0.29) is 32.5 Å². The van der Waals surface area contributed by atoms with Crippen molar-refractivity contribution in [1.29, 1.82) is 0 Å². The maximum absolute atomic E-state index is 10.7. The number of hydrogen-bond donors (Lipinski definition) is 4. The normalized spacial score (nSPS) is 12.3. The van der Waals surface area contributed by atoms with Crippen molar-refractivity contribution >= 4 is 0 Å². The van der Waals surface area contributed by atoms with Crippen LogP contribution in [0.3, 0.4) is 0 Å². The predicted molar refractivity (Wildman–Crippen MR) is 368 cm³/mol. The molecule has 0 unspecified atom stereocenters. The highest BCUT2D eigenvalue weighted by atomic mass is 16.3. The summed E-state index contributed by atoms with van der Waals surface area (Å²) < 4.78 is 0. The third kappa shape index (κ3) is 30.8. The molecule has 4 nitrogen and oxygen atoms in total. The number of unbranched alkanes of at least 4 members (excludes halogenated alkanes) is 19. The van der Waals surface area contributed by atoms with Crippen molar-refractivity contribution < 1.29 is 20.4 Å². The van der Waals surface area contributed by atoms with Crippen molar-refractivity contribution in [2.75, 3.05) is 0 Å². The van der Waals surface area contributed by atoms with E-state index in [1.54, 1.807) is 0 Å². The molecule has 0 saturated carbocycles. The average Bonchev–Trinajstić information content (AvgIpc) is 3.56. The van der Waals surface area contributed by atoms with Crippen molar-refractivity contribution in [2.45, 2.75) is 358 Å². The predicted octanol–water partition coefficient (Wildman–Crippen LogP) is 24.6. The molecule has 0 aliphatic rings. The van der Waals surface area contributed by atoms with Crippen LogP contribution in [0.4, 0.5) is 0 Å². The first kappa shape index (κ1) is 77.1. The van der Waals surface area contributed by atoms with Crippen LogP contribution in [0.2, 0.25) is 0 Å². The summed E-state index contributed by atoms with van der Waals surface area (Å²) in [6.07, 6.45) is 35.3. The van der Waals surface area contributed by atoms with Crippen LogP contribution in [-0.4, -0.2) is 20.4 Å². The zero-order valence-electron chi connectivity index (χ0n) is 58.7. The number of phenolic OH excluding ortho intramolecular Hbond substituents is 4. The summed E-state index contributed by atoms with van der Waals surface area (Å²) >= 11 is 0. The van der Waals surface area contributed by atoms with E-state index >= 15 is 0 Å². The van der Waals surface area contributed by atoms with Crippen molar-refractivity contribution in [3.8, 4) is 23.0 Å². The van der Waals surface area contributed by atoms with Crippen LogP contribution in [0.25, 0.3) is 0 Å². The highest BCUT2D eigenvalue weighted by Gasteiger charge is 2.28. The van der Waals surface area contributed by atoms with E-state index in [9.17, 15) is 20.4 Å². The van der Waals surface area contributed by atoms with Crippen LogP contribution in [0.5, 0.6) is 23.0 Å². The summed E-state index contributed by atoms with van der Waals surface area (Å²) in [4.78, 5) is 0. The molecule has 4 N–H and O–H groups in total. The van der Waals surface area contributed by atoms with Crippen molar-refractivity contribution in [2.24, 2.45) is 0 Å². The maximum Gasteiger partial charge on any atom is 0.123 e. The summed E-state index contributed by atoms with van der Waals surface area (Å²) in [5.41, 5.74) is 11.9. The largest absolute Gasteiger partial charge is 0.508 e. The monoisotopic (exact) mass is 1150 g/mol. The van der Waals surface area contributed by atoms with Gasteiger partial charge in [0.05, 0.1) is 0 Å². The van der Waals surface area contributed by atoms with Gasteiger partial charge >= 0.3 is 0 Å². The molecule has 0 radical (unpaired) electrons. The molecule has 0 aromatic heterocycles. The van der Waals surface area contributed by atoms with Gasteiger partial charge < -0.3 is 20.4 Å². The highest BCUT2D eigenvalue weighted by Crippen LogP contribution is 2.42. The number of phenols is 4. The molecule has 0 bridgehead atoms. The smallest absolute Gasteiger partial charge is 0.123 e. The van der Waals surface area contributed by atoms with Gasteiger partial charge in [-0.2, -0.15) is 0 Å². The third-order valence-electron chi connectivity index (χ3n) is 16.3. The zero-order valence-corrected chi connectivity index (χ0v) is 58.7. The minimum absolute atomic E-state index is 0.0118. The quantitative estimate of drug-likeness (QED) is 0.0449. The number of benzene rings is 4. The van der Waals surface area contributed by atoms with Gasteiger partial charge in [0.1, 0.15) is 23.0 Å². The molecule has 4 rings (SSSR count). The lowest BCUT2D eigenvalue weighted by molar-refractivity contribution is 0.421. The Morgan fingerprint density at radius 2 is 0.422 bits per heavy atom. The molecule has 0 spiro atoms. The summed E-state index contributed by atoms with van der Waals surface area (Å²) in [5, 5.41) is 41.3. The summed E-state index contributed by atoms with van der Waals surface area (Å²) in [5.74, 6) is 1.85. The minimum atomic E-state index is -0.0255. The Morgan fingerprint density at radius 3 is 0.651 bits per heavy atom. The molecule has 0 aliphatic carbocycles. The lowest BCUT2D eigenvalue weighted by Crippen LogP contribution is -2.18. The first-order chi connectivity index (χ1) is 38.5. The van der Waals surface area contributed by atoms with Crippen LogP contribution in [0, 0.1) is 0 Å². The van der Waals surface area contributed by atoms with E-state index in [0.717, 1.165) is 59.1 Å². The molecule has 4 aromatic carbocycles. The topological polar surface area (TPSA) is 80.9 Å². The van der Waals surface area contributed by atoms with Gasteiger partial charge in [-0.05, 0) is 152 Å². The van der Waals surface area contributed by atoms with Crippen molar-refractivity contribution in [1.82, 2.24) is 0 Å². The van der Waals surface area contributed by atoms with Gasteiger partial charge in [-0.3, -0.25) is 0 Å². The molecule has 0 amide bonds. The lowest BCUT2D eigenvalue weighted by atomic mass is 9.78. The maximum atomic E-state index is 10.7. The molecule has 474 valence electrons. The standard InChI is InChI=1S/C22H38O.C21H36O.2C18H30O/c1-5-6-7-8-9-10-11-12-13-14-15-19-16-17-21(23)20(18-19)22(2,3)4;1-8-9-10-11-12-13-16-14-17(20(2,3)4)19(22)18(15-16)21(5,6)7;1-8-9-10-13-11-14(17(2,3)4)16(19)15(12-13)18(5,6)7;1-5-6-7-8-9-10-11-15-12-13-17(19)16(14-15)18(2,3)4/h16-18,23H,5-15H2,1-4H3;14-15,22H,8-13H2,1-7H3;11-12,19H,8-10H2,1-7H3;12-14,19H,5-11H2,1-4H3. The van der Waals surface area contributed by atoms with Crippen LogP contribution in [0.1, 0.15) is 356 Å². The summed E-state index contributed by atoms with van der Waals surface area (Å²) in [6.45, 7) is 48.0. The van der Waals surface area contributed by atoms with E-state index in [1.807, 2.05) is 12.1 Å². The molecular formula is C79H134O4. The molecule has 0 aliphatic heterocycles. The molecule has 0 fully saturated rings. The Hall–Kier alpha value is -3.92. The SMILES string of the molecule is CCCCCCCCCCCCc1ccc(O)c(C(C)(C)C)c1.CCCCCCCCc1ccc(O)c(C(C)(C)C)c1.CCCCCCCc1cc(C(C)(C)C)c(O)c(C(C)(C)C)c1.CCCCc1cc(C(C)(C)C)c(O)c(C(C)(C)C)c1. The Balaban J connectivity index is 0.000000555. The fourth-order valence-corrected chi connectivity index (χ4v) is 10.9. The van der Waals surface area contributed by atoms with Gasteiger partial charge in [0.15, 0.2) is 0 Å². The molecule has 0 saturated heterocycles. The van der Waals surface area contributed by atoms with Gasteiger partial charge in [0, 0.05) is 0 Å². The number of aryl methyl sites for hydroxylation is 4. The van der Waals surface area contributed by atoms with Crippen molar-refractivity contribution in [3.63, 3.8) is 0 Å². The fraction of sp³-hybridized carbons (Fsp3) is 0.696. The minimum Gasteiger partial charge on any atom is -0.508 e. The third-order valence-corrected chi connectivity index (χ3v) is 16.3. The second-order valence-electron chi connectivity index (χ2n) is 31.0. The van der Waals surface area contributed by atoms with E-state index in [4.69, 9.17) is 0 Å². The average molecular weight is 1150 g/mol. The number of rotatable bonds is 27. The lowest BCUT2D eigenvalue weighted by Gasteiger charge is -2.28. The Kier molecular flexibility index (Phi) is 34.9. The first-order valence-electron chi connectivity index (χ1n) is 33.9. The van der Waals surface area contributed by atoms with Gasteiger partial charge in [0.2, 0.25) is 0 Å². The highest BCUT2D eigenvalue weighted by molar-refractivity contribution is 5.51. The molecule has 0 heterocycles. The Morgan fingerprint density at radius 1 is 0.229 bits per heavy atom. The van der Waals surface area contributed by atoms with E-state index in [0.29, 0.717) is 23.0 Å². The number of hydrogen-bond acceptors (Lipinski definition) is 4. The number of aromatic hydroxyl groups is 4. The van der Waals surface area contributed by atoms with Crippen LogP contribution in [0.15, 0.2) is 60.7 Å². The summed E-state index contributed by atoms with van der Waals surface area (Å²) in [6, 6.07) is 21.1. The molecule has 4 heteroatoms. The van der Waals surface area contributed by atoms with Gasteiger partial charge in [-0.1, -0.05) is 323 Å². The summed E-state index contributed by atoms with van der Waals surface area (Å²) in [7, 11) is 0. The second kappa shape index (κ2) is 37.6. The van der Waals surface area contributed by atoms with Gasteiger partial charge in [-0.25, -0.2) is 0 Å². The molecule has 83 heavy (non-hydrogen) atoms.